The first-order valence-electron chi connectivity index (χ1n) is 8.76. The Balaban J connectivity index is 1.92. The van der Waals surface area contributed by atoms with Crippen molar-refractivity contribution in [2.24, 2.45) is 0 Å². The number of carbonyl (C=O) groups is 2. The fourth-order valence-electron chi connectivity index (χ4n) is 2.77. The van der Waals surface area contributed by atoms with Gasteiger partial charge in [-0.05, 0) is 37.8 Å². The molecule has 0 unspecified atom stereocenters. The zero-order valence-electron chi connectivity index (χ0n) is 15.5. The number of carbonyl (C=O) groups excluding carboxylic acids is 2. The molecule has 1 atom stereocenters. The Kier molecular flexibility index (Phi) is 7.05. The van der Waals surface area contributed by atoms with Gasteiger partial charge < -0.3 is 15.4 Å². The van der Waals surface area contributed by atoms with Crippen LogP contribution < -0.4 is 10.6 Å². The van der Waals surface area contributed by atoms with Gasteiger partial charge in [-0.2, -0.15) is 0 Å². The second-order valence-electron chi connectivity index (χ2n) is 6.09. The highest BCUT2D eigenvalue weighted by Crippen LogP contribution is 2.19. The van der Waals surface area contributed by atoms with Crippen LogP contribution in [0.25, 0.3) is 0 Å². The van der Waals surface area contributed by atoms with Gasteiger partial charge in [-0.3, -0.25) is 20.4 Å². The maximum atomic E-state index is 12.3. The minimum atomic E-state index is -0.820. The highest BCUT2D eigenvalue weighted by molar-refractivity contribution is 6.36. The van der Waals surface area contributed by atoms with E-state index in [4.69, 9.17) is 15.6 Å². The van der Waals surface area contributed by atoms with Crippen LogP contribution in [0.2, 0.25) is 0 Å². The third-order valence-corrected chi connectivity index (χ3v) is 4.20. The second kappa shape index (κ2) is 9.47. The van der Waals surface area contributed by atoms with E-state index < -0.39 is 17.8 Å². The molecule has 1 saturated heterocycles. The summed E-state index contributed by atoms with van der Waals surface area (Å²) in [5.41, 5.74) is 2.57. The molecule has 4 N–H and O–H groups in total. The van der Waals surface area contributed by atoms with Crippen molar-refractivity contribution in [3.8, 4) is 0 Å². The quantitative estimate of drug-likeness (QED) is 0.485. The summed E-state index contributed by atoms with van der Waals surface area (Å²) in [5, 5.41) is 20.9. The van der Waals surface area contributed by atoms with Gasteiger partial charge in [0.25, 0.3) is 5.90 Å². The van der Waals surface area contributed by atoms with Crippen molar-refractivity contribution in [2.45, 2.75) is 39.2 Å². The predicted molar refractivity (Wildman–Crippen MR) is 104 cm³/mol. The van der Waals surface area contributed by atoms with Crippen molar-refractivity contribution in [2.75, 3.05) is 0 Å². The fourth-order valence-corrected chi connectivity index (χ4v) is 2.77. The van der Waals surface area contributed by atoms with E-state index in [0.717, 1.165) is 16.8 Å². The predicted octanol–water partition coefficient (Wildman–Crippen LogP) is 2.45. The van der Waals surface area contributed by atoms with Crippen LogP contribution in [0.1, 0.15) is 32.3 Å². The highest BCUT2D eigenvalue weighted by atomic mass is 16.5. The molecule has 0 bridgehead atoms. The van der Waals surface area contributed by atoms with E-state index in [9.17, 15) is 9.59 Å². The van der Waals surface area contributed by atoms with Gasteiger partial charge in [0.2, 0.25) is 5.91 Å². The first-order valence-corrected chi connectivity index (χ1v) is 8.76. The molecule has 142 valence electrons. The first kappa shape index (κ1) is 20.1. The Hall–Kier alpha value is -3.22. The van der Waals surface area contributed by atoms with E-state index in [-0.39, 0.29) is 18.2 Å². The number of allylic oxidation sites excluding steroid dienone is 3. The molecule has 1 fully saturated rings. The molecule has 0 saturated carbocycles. The molecule has 7 nitrogen and oxygen atoms in total. The number of hydrogen-bond donors (Lipinski definition) is 4. The maximum absolute atomic E-state index is 12.3. The van der Waals surface area contributed by atoms with E-state index in [1.54, 1.807) is 0 Å². The van der Waals surface area contributed by atoms with Crippen LogP contribution in [0, 0.1) is 10.8 Å². The van der Waals surface area contributed by atoms with Crippen LogP contribution in [-0.2, 0) is 20.7 Å². The Morgan fingerprint density at radius 2 is 1.96 bits per heavy atom. The highest BCUT2D eigenvalue weighted by Gasteiger charge is 2.27. The third kappa shape index (κ3) is 5.64. The van der Waals surface area contributed by atoms with E-state index in [0.29, 0.717) is 12.8 Å². The molecule has 1 aliphatic rings. The molecule has 0 aliphatic carbocycles. The van der Waals surface area contributed by atoms with Crippen molar-refractivity contribution in [1.82, 2.24) is 10.6 Å². The molecule has 0 aromatic heterocycles. The number of nitrogens with one attached hydrogen (secondary N) is 4. The van der Waals surface area contributed by atoms with Gasteiger partial charge >= 0.3 is 5.91 Å². The third-order valence-electron chi connectivity index (χ3n) is 4.20. The lowest BCUT2D eigenvalue weighted by Crippen LogP contribution is -2.47. The topological polar surface area (TPSA) is 115 Å². The lowest BCUT2D eigenvalue weighted by atomic mass is 10.1. The van der Waals surface area contributed by atoms with E-state index in [2.05, 4.69) is 10.6 Å². The van der Waals surface area contributed by atoms with Crippen molar-refractivity contribution in [1.29, 1.82) is 10.8 Å². The zero-order chi connectivity index (χ0) is 19.8. The van der Waals surface area contributed by atoms with Crippen molar-refractivity contribution < 1.29 is 14.3 Å². The molecular weight excluding hydrogens is 344 g/mol. The van der Waals surface area contributed by atoms with Gasteiger partial charge in [0, 0.05) is 12.1 Å². The Bertz CT molecular complexity index is 797. The van der Waals surface area contributed by atoms with Gasteiger partial charge in [-0.15, -0.1) is 0 Å². The van der Waals surface area contributed by atoms with Crippen LogP contribution in [-0.4, -0.2) is 29.7 Å². The zero-order valence-corrected chi connectivity index (χ0v) is 15.5. The lowest BCUT2D eigenvalue weighted by Gasteiger charge is -2.15. The normalized spacial score (nSPS) is 19.9. The molecule has 1 aliphatic heterocycles. The fraction of sp³-hybridized carbons (Fsp3) is 0.300. The Labute approximate surface area is 158 Å². The van der Waals surface area contributed by atoms with Crippen LogP contribution >= 0.6 is 0 Å². The molecule has 27 heavy (non-hydrogen) atoms. The minimum Gasteiger partial charge on any atom is -0.420 e. The summed E-state index contributed by atoms with van der Waals surface area (Å²) >= 11 is 0. The summed E-state index contributed by atoms with van der Waals surface area (Å²) in [5.74, 6) is -2.07. The monoisotopic (exact) mass is 368 g/mol. The first-order chi connectivity index (χ1) is 12.9. The molecule has 2 rings (SSSR count). The van der Waals surface area contributed by atoms with Crippen LogP contribution in [0.3, 0.4) is 0 Å². The average molecular weight is 368 g/mol. The number of amides is 2. The largest absolute Gasteiger partial charge is 0.420 e. The van der Waals surface area contributed by atoms with Crippen molar-refractivity contribution >= 4 is 23.6 Å². The summed E-state index contributed by atoms with van der Waals surface area (Å²) < 4.78 is 5.01. The molecule has 0 radical (unpaired) electrons. The SMILES string of the molecule is C/C=C1/CC[C@H](NC(=O)C(=N)OC(=N)Cc2ccccc2)C(=O)N/C1=C/C. The molecule has 0 spiro atoms. The molecule has 7 heteroatoms. The number of rotatable bonds is 3. The summed E-state index contributed by atoms with van der Waals surface area (Å²) in [4.78, 5) is 24.5. The van der Waals surface area contributed by atoms with Crippen LogP contribution in [0.4, 0.5) is 0 Å². The van der Waals surface area contributed by atoms with Crippen LogP contribution in [0.5, 0.6) is 0 Å². The summed E-state index contributed by atoms with van der Waals surface area (Å²) in [6, 6.07) is 8.42. The smallest absolute Gasteiger partial charge is 0.307 e. The lowest BCUT2D eigenvalue weighted by molar-refractivity contribution is -0.126. The van der Waals surface area contributed by atoms with E-state index in [1.165, 1.54) is 0 Å². The molecular formula is C20H24N4O3. The number of hydrogen-bond acceptors (Lipinski definition) is 5. The van der Waals surface area contributed by atoms with Crippen molar-refractivity contribution in [3.05, 3.63) is 59.3 Å². The summed E-state index contributed by atoms with van der Waals surface area (Å²) in [6.07, 6.45) is 4.96. The van der Waals surface area contributed by atoms with E-state index in [1.807, 2.05) is 56.3 Å². The standard InChI is InChI=1S/C20H24N4O3/c1-3-14-10-11-16(19(25)23-15(14)4-2)24-20(26)18(22)27-17(21)12-13-8-6-5-7-9-13/h3-9,16,21-22H,10-12H2,1-2H3,(H,23,25)(H,24,26)/b14-3-,15-4+,21-17?,22-18?/t16-/m0/s1. The van der Waals surface area contributed by atoms with E-state index >= 15 is 0 Å². The summed E-state index contributed by atoms with van der Waals surface area (Å²) in [6.45, 7) is 3.73. The maximum Gasteiger partial charge on any atom is 0.307 e. The molecule has 1 aromatic rings. The van der Waals surface area contributed by atoms with Gasteiger partial charge in [0.05, 0.1) is 0 Å². The van der Waals surface area contributed by atoms with Gasteiger partial charge in [-0.1, -0.05) is 42.5 Å². The summed E-state index contributed by atoms with van der Waals surface area (Å²) in [7, 11) is 0. The number of ether oxygens (including phenoxy) is 1. The average Bonchev–Trinajstić information content (AvgIpc) is 2.81. The Morgan fingerprint density at radius 1 is 1.26 bits per heavy atom. The van der Waals surface area contributed by atoms with Gasteiger partial charge in [0.1, 0.15) is 6.04 Å². The minimum absolute atomic E-state index is 0.176. The molecule has 2 amide bonds. The van der Waals surface area contributed by atoms with Crippen molar-refractivity contribution in [3.63, 3.8) is 0 Å². The Morgan fingerprint density at radius 3 is 2.59 bits per heavy atom. The van der Waals surface area contributed by atoms with Crippen LogP contribution in [0.15, 0.2) is 53.8 Å². The van der Waals surface area contributed by atoms with Gasteiger partial charge in [0.15, 0.2) is 5.90 Å². The molecule has 1 heterocycles. The molecule has 1 aromatic carbocycles. The second-order valence-corrected chi connectivity index (χ2v) is 6.09. The van der Waals surface area contributed by atoms with Gasteiger partial charge in [-0.25, -0.2) is 0 Å². The number of benzene rings is 1.